The van der Waals surface area contributed by atoms with Gasteiger partial charge in [0, 0.05) is 6.42 Å². The summed E-state index contributed by atoms with van der Waals surface area (Å²) >= 11 is 0. The third-order valence-electron chi connectivity index (χ3n) is 8.33. The van der Waals surface area contributed by atoms with Crippen LogP contribution in [0, 0.1) is 0 Å². The van der Waals surface area contributed by atoms with Crippen LogP contribution in [0.3, 0.4) is 0 Å². The molecule has 46 heavy (non-hydrogen) atoms. The van der Waals surface area contributed by atoms with Crippen LogP contribution in [0.25, 0.3) is 0 Å². The zero-order chi connectivity index (χ0) is 34.5. The van der Waals surface area contributed by atoms with Gasteiger partial charge in [-0.25, -0.2) is 0 Å². The number of nitrogens with one attached hydrogen (secondary N) is 1. The average Bonchev–Trinajstić information content (AvgIpc) is 2.99. The van der Waals surface area contributed by atoms with Crippen molar-refractivity contribution < 1.29 is 38.0 Å². The molecule has 0 aliphatic rings. The molecule has 0 aliphatic heterocycles. The Morgan fingerprint density at radius 3 is 1.85 bits per heavy atom. The van der Waals surface area contributed by atoms with E-state index in [9.17, 15) is 24.5 Å². The molecule has 10 heteroatoms. The van der Waals surface area contributed by atoms with E-state index >= 15 is 0 Å². The van der Waals surface area contributed by atoms with E-state index < -0.39 is 32.7 Å². The molecule has 3 N–H and O–H groups in total. The van der Waals surface area contributed by atoms with Crippen LogP contribution in [-0.2, 0) is 18.4 Å². The number of rotatable bonds is 33. The number of unbranched alkanes of at least 4 members (excludes halogenated alkanes) is 17. The number of aliphatic hydroxyl groups excluding tert-OH is 2. The normalized spacial score (nSPS) is 15.6. The molecule has 0 rings (SSSR count). The van der Waals surface area contributed by atoms with Crippen molar-refractivity contribution in [3.05, 3.63) is 12.2 Å². The molecule has 0 aliphatic carbocycles. The van der Waals surface area contributed by atoms with Crippen molar-refractivity contribution in [1.82, 2.24) is 5.32 Å². The smallest absolute Gasteiger partial charge is 0.268 e. The Kier molecular flexibility index (Phi) is 28.6. The third kappa shape index (κ3) is 29.3. The number of carbonyl (C=O) groups is 1. The minimum absolute atomic E-state index is 0.0412. The first kappa shape index (κ1) is 45.2. The fourth-order valence-electron chi connectivity index (χ4n) is 5.25. The summed E-state index contributed by atoms with van der Waals surface area (Å²) in [6.07, 6.45) is 25.4. The van der Waals surface area contributed by atoms with Gasteiger partial charge in [0.05, 0.1) is 39.9 Å². The molecular formula is C36H73N2O7P. The molecule has 0 saturated carbocycles. The maximum atomic E-state index is 12.7. The van der Waals surface area contributed by atoms with Crippen molar-refractivity contribution >= 4 is 13.7 Å². The number of phosphoric ester groups is 1. The van der Waals surface area contributed by atoms with Crippen molar-refractivity contribution in [1.29, 1.82) is 0 Å². The molecule has 0 aromatic carbocycles. The van der Waals surface area contributed by atoms with Crippen molar-refractivity contribution in [3.8, 4) is 0 Å². The maximum absolute atomic E-state index is 12.7. The fourth-order valence-corrected chi connectivity index (χ4v) is 5.98. The zero-order valence-corrected chi connectivity index (χ0v) is 31.3. The topological polar surface area (TPSA) is 128 Å². The van der Waals surface area contributed by atoms with Gasteiger partial charge in [0.25, 0.3) is 7.82 Å². The summed E-state index contributed by atoms with van der Waals surface area (Å²) in [5.74, 6) is -0.292. The van der Waals surface area contributed by atoms with Crippen LogP contribution in [0.2, 0.25) is 0 Å². The van der Waals surface area contributed by atoms with Crippen molar-refractivity contribution in [2.75, 3.05) is 40.9 Å². The van der Waals surface area contributed by atoms with E-state index in [-0.39, 0.29) is 18.9 Å². The van der Waals surface area contributed by atoms with E-state index in [4.69, 9.17) is 9.05 Å². The summed E-state index contributed by atoms with van der Waals surface area (Å²) in [6.45, 7) is 4.33. The van der Waals surface area contributed by atoms with Gasteiger partial charge < -0.3 is 34.0 Å². The predicted molar refractivity (Wildman–Crippen MR) is 188 cm³/mol. The van der Waals surface area contributed by atoms with Crippen LogP contribution in [0.4, 0.5) is 0 Å². The zero-order valence-electron chi connectivity index (χ0n) is 30.4. The van der Waals surface area contributed by atoms with Gasteiger partial charge in [0.2, 0.25) is 5.91 Å². The Balaban J connectivity index is 4.65. The molecule has 4 atom stereocenters. The van der Waals surface area contributed by atoms with Gasteiger partial charge in [-0.05, 0) is 32.1 Å². The Morgan fingerprint density at radius 2 is 1.28 bits per heavy atom. The minimum Gasteiger partial charge on any atom is -0.756 e. The van der Waals surface area contributed by atoms with Crippen molar-refractivity contribution in [3.63, 3.8) is 0 Å². The lowest BCUT2D eigenvalue weighted by Gasteiger charge is -2.31. The van der Waals surface area contributed by atoms with Gasteiger partial charge in [0.1, 0.15) is 19.3 Å². The quantitative estimate of drug-likeness (QED) is 0.0283. The van der Waals surface area contributed by atoms with Gasteiger partial charge >= 0.3 is 0 Å². The van der Waals surface area contributed by atoms with E-state index in [1.54, 1.807) is 0 Å². The van der Waals surface area contributed by atoms with Gasteiger partial charge in [0.15, 0.2) is 0 Å². The van der Waals surface area contributed by atoms with Gasteiger partial charge in [-0.15, -0.1) is 0 Å². The Morgan fingerprint density at radius 1 is 0.761 bits per heavy atom. The first-order valence-electron chi connectivity index (χ1n) is 18.6. The number of quaternary nitrogens is 1. The minimum atomic E-state index is -4.65. The van der Waals surface area contributed by atoms with Crippen LogP contribution < -0.4 is 10.2 Å². The SMILES string of the molecule is CCC/C=C\CCCCCCCC(=O)NC(COP(=O)([O-])OCC[N+](C)(C)C)C(O)C(O)CCCCCCCCCCCCCC. The van der Waals surface area contributed by atoms with Crippen LogP contribution >= 0.6 is 7.82 Å². The Labute approximate surface area is 283 Å². The van der Waals surface area contributed by atoms with E-state index in [2.05, 4.69) is 31.3 Å². The van der Waals surface area contributed by atoms with Crippen LogP contribution in [0.5, 0.6) is 0 Å². The van der Waals surface area contributed by atoms with Gasteiger partial charge in [-0.3, -0.25) is 9.36 Å². The molecule has 0 aromatic rings. The number of hydrogen-bond donors (Lipinski definition) is 3. The highest BCUT2D eigenvalue weighted by atomic mass is 31.2. The molecular weight excluding hydrogens is 603 g/mol. The number of aliphatic hydroxyl groups is 2. The monoisotopic (exact) mass is 677 g/mol. The van der Waals surface area contributed by atoms with E-state index in [0.717, 1.165) is 57.8 Å². The average molecular weight is 677 g/mol. The molecule has 9 nitrogen and oxygen atoms in total. The van der Waals surface area contributed by atoms with Crippen LogP contribution in [-0.4, -0.2) is 79.8 Å². The summed E-state index contributed by atoms with van der Waals surface area (Å²) in [5, 5.41) is 24.4. The summed E-state index contributed by atoms with van der Waals surface area (Å²) < 4.78 is 23.0. The predicted octanol–water partition coefficient (Wildman–Crippen LogP) is 7.58. The molecule has 0 spiro atoms. The molecule has 0 bridgehead atoms. The first-order valence-corrected chi connectivity index (χ1v) is 20.1. The summed E-state index contributed by atoms with van der Waals surface area (Å²) in [5.41, 5.74) is 0. The number of amides is 1. The van der Waals surface area contributed by atoms with E-state index in [0.29, 0.717) is 23.9 Å². The van der Waals surface area contributed by atoms with Gasteiger partial charge in [-0.1, -0.05) is 129 Å². The maximum Gasteiger partial charge on any atom is 0.268 e. The summed E-state index contributed by atoms with van der Waals surface area (Å²) in [4.78, 5) is 25.1. The highest BCUT2D eigenvalue weighted by molar-refractivity contribution is 7.45. The Bertz CT molecular complexity index is 791. The second-order valence-corrected chi connectivity index (χ2v) is 15.5. The summed E-state index contributed by atoms with van der Waals surface area (Å²) in [7, 11) is 1.12. The van der Waals surface area contributed by atoms with Crippen molar-refractivity contribution in [2.45, 2.75) is 173 Å². The number of carbonyl (C=O) groups excluding carboxylic acids is 1. The fraction of sp³-hybridized carbons (Fsp3) is 0.917. The van der Waals surface area contributed by atoms with E-state index in [1.165, 1.54) is 64.2 Å². The van der Waals surface area contributed by atoms with Crippen LogP contribution in [0.15, 0.2) is 12.2 Å². The van der Waals surface area contributed by atoms with Gasteiger partial charge in [-0.2, -0.15) is 0 Å². The number of hydrogen-bond acceptors (Lipinski definition) is 7. The number of likely N-dealkylation sites (N-methyl/N-ethyl adjacent to an activating group) is 1. The largest absolute Gasteiger partial charge is 0.756 e. The number of phosphoric acid groups is 1. The number of allylic oxidation sites excluding steroid dienone is 2. The number of nitrogens with zero attached hydrogens (tertiary/aromatic N) is 1. The van der Waals surface area contributed by atoms with Crippen molar-refractivity contribution in [2.24, 2.45) is 0 Å². The summed E-state index contributed by atoms with van der Waals surface area (Å²) in [6, 6.07) is -1.07. The first-order chi connectivity index (χ1) is 21.9. The molecule has 0 saturated heterocycles. The Hall–Kier alpha value is -0.800. The highest BCUT2D eigenvalue weighted by Gasteiger charge is 2.29. The lowest BCUT2D eigenvalue weighted by atomic mass is 9.99. The standard InChI is InChI=1S/C36H73N2O7P/c1-6-8-10-12-14-16-18-19-20-22-24-26-28-34(39)36(41)33(32-45-46(42,43)44-31-30-38(3,4)5)37-35(40)29-27-25-23-21-17-15-13-11-9-7-2/h11,13,33-34,36,39,41H,6-10,12,14-32H2,1-5H3,(H-,37,40,42,43)/b13-11-. The molecule has 0 fully saturated rings. The third-order valence-corrected chi connectivity index (χ3v) is 9.29. The molecule has 0 heterocycles. The molecule has 274 valence electrons. The van der Waals surface area contributed by atoms with E-state index in [1.807, 2.05) is 21.1 Å². The lowest BCUT2D eigenvalue weighted by molar-refractivity contribution is -0.870. The lowest BCUT2D eigenvalue weighted by Crippen LogP contribution is -2.51. The highest BCUT2D eigenvalue weighted by Crippen LogP contribution is 2.38. The molecule has 0 aromatic heterocycles. The second-order valence-electron chi connectivity index (χ2n) is 14.1. The van der Waals surface area contributed by atoms with Crippen LogP contribution in [0.1, 0.15) is 155 Å². The molecule has 4 unspecified atom stereocenters. The second kappa shape index (κ2) is 29.1. The molecule has 1 amide bonds. The molecule has 0 radical (unpaired) electrons.